The van der Waals surface area contributed by atoms with E-state index in [-0.39, 0.29) is 17.9 Å². The molecule has 0 spiro atoms. The van der Waals surface area contributed by atoms with E-state index in [0.717, 1.165) is 0 Å². The van der Waals surface area contributed by atoms with Gasteiger partial charge in [0, 0.05) is 0 Å². The molecule has 0 saturated heterocycles. The number of hydrogen-bond donors (Lipinski definition) is 1. The number of halogens is 1. The molecule has 0 fully saturated rings. The first kappa shape index (κ1) is 13.3. The zero-order valence-electron chi connectivity index (χ0n) is 9.99. The summed E-state index contributed by atoms with van der Waals surface area (Å²) in [6.45, 7) is 1.57. The Hall–Kier alpha value is -1.78. The molecular formula is C12H15FO4. The smallest absolute Gasteiger partial charge is 0.306 e. The number of aliphatic carboxylic acids is 1. The standard InChI is InChI=1S/C12H15FO4/c1-7(12(14)15)4-8-5-9(13)11(17-3)10(6-8)16-2/h5-7H,4H2,1-3H3,(H,14,15). The van der Waals surface area contributed by atoms with Crippen LogP contribution in [0.2, 0.25) is 0 Å². The molecule has 0 radical (unpaired) electrons. The van der Waals surface area contributed by atoms with Crippen molar-refractivity contribution in [3.05, 3.63) is 23.5 Å². The summed E-state index contributed by atoms with van der Waals surface area (Å²) < 4.78 is 23.4. The molecule has 0 aliphatic carbocycles. The van der Waals surface area contributed by atoms with Crippen LogP contribution in [0.1, 0.15) is 12.5 Å². The molecule has 0 aliphatic heterocycles. The molecule has 0 aromatic heterocycles. The summed E-state index contributed by atoms with van der Waals surface area (Å²) in [5, 5.41) is 8.79. The van der Waals surface area contributed by atoms with Crippen molar-refractivity contribution in [1.82, 2.24) is 0 Å². The van der Waals surface area contributed by atoms with E-state index >= 15 is 0 Å². The summed E-state index contributed by atoms with van der Waals surface area (Å²) in [7, 11) is 2.75. The van der Waals surface area contributed by atoms with Gasteiger partial charge in [-0.15, -0.1) is 0 Å². The second kappa shape index (κ2) is 5.52. The molecule has 1 N–H and O–H groups in total. The van der Waals surface area contributed by atoms with E-state index in [4.69, 9.17) is 14.6 Å². The number of ether oxygens (including phenoxy) is 2. The third kappa shape index (κ3) is 3.09. The molecule has 0 saturated carbocycles. The zero-order chi connectivity index (χ0) is 13.0. The molecule has 1 aromatic rings. The van der Waals surface area contributed by atoms with Gasteiger partial charge in [0.1, 0.15) is 0 Å². The van der Waals surface area contributed by atoms with Crippen LogP contribution in [0.4, 0.5) is 4.39 Å². The van der Waals surface area contributed by atoms with E-state index in [1.165, 1.54) is 20.3 Å². The number of rotatable bonds is 5. The summed E-state index contributed by atoms with van der Waals surface area (Å²) in [6, 6.07) is 2.85. The molecule has 0 bridgehead atoms. The largest absolute Gasteiger partial charge is 0.493 e. The Labute approximate surface area is 99.0 Å². The van der Waals surface area contributed by atoms with Crippen LogP contribution in [0.5, 0.6) is 11.5 Å². The molecule has 1 unspecified atom stereocenters. The second-order valence-corrected chi connectivity index (χ2v) is 3.76. The van der Waals surface area contributed by atoms with E-state index in [9.17, 15) is 9.18 Å². The normalized spacial score (nSPS) is 12.0. The fraction of sp³-hybridized carbons (Fsp3) is 0.417. The lowest BCUT2D eigenvalue weighted by Crippen LogP contribution is -2.12. The van der Waals surface area contributed by atoms with Gasteiger partial charge >= 0.3 is 5.97 Å². The highest BCUT2D eigenvalue weighted by Crippen LogP contribution is 2.32. The molecule has 4 nitrogen and oxygen atoms in total. The van der Waals surface area contributed by atoms with E-state index in [1.807, 2.05) is 0 Å². The monoisotopic (exact) mass is 242 g/mol. The molecule has 0 heterocycles. The first-order valence-corrected chi connectivity index (χ1v) is 5.12. The van der Waals surface area contributed by atoms with Gasteiger partial charge in [-0.25, -0.2) is 4.39 Å². The summed E-state index contributed by atoms with van der Waals surface area (Å²) in [5.41, 5.74) is 0.565. The Balaban J connectivity index is 3.03. The van der Waals surface area contributed by atoms with Crippen LogP contribution < -0.4 is 9.47 Å². The molecule has 1 aromatic carbocycles. The van der Waals surface area contributed by atoms with E-state index < -0.39 is 17.7 Å². The molecule has 17 heavy (non-hydrogen) atoms. The lowest BCUT2D eigenvalue weighted by Gasteiger charge is -2.12. The van der Waals surface area contributed by atoms with Gasteiger partial charge in [-0.05, 0) is 24.1 Å². The number of carbonyl (C=O) groups is 1. The molecule has 1 rings (SSSR count). The van der Waals surface area contributed by atoms with Gasteiger partial charge in [0.05, 0.1) is 20.1 Å². The van der Waals surface area contributed by atoms with Crippen LogP contribution in [0, 0.1) is 11.7 Å². The number of hydrogen-bond acceptors (Lipinski definition) is 3. The molecule has 94 valence electrons. The van der Waals surface area contributed by atoms with Gasteiger partial charge < -0.3 is 14.6 Å². The van der Waals surface area contributed by atoms with Crippen LogP contribution in [0.3, 0.4) is 0 Å². The summed E-state index contributed by atoms with van der Waals surface area (Å²) in [6.07, 6.45) is 0.243. The Kier molecular flexibility index (Phi) is 4.31. The minimum absolute atomic E-state index is 0.0271. The number of methoxy groups -OCH3 is 2. The first-order chi connectivity index (χ1) is 7.99. The van der Waals surface area contributed by atoms with Gasteiger partial charge in [-0.1, -0.05) is 6.92 Å². The first-order valence-electron chi connectivity index (χ1n) is 5.12. The predicted octanol–water partition coefficient (Wildman–Crippen LogP) is 2.11. The Bertz CT molecular complexity index is 417. The average molecular weight is 242 g/mol. The van der Waals surface area contributed by atoms with Crippen LogP contribution in [0.25, 0.3) is 0 Å². The van der Waals surface area contributed by atoms with Gasteiger partial charge in [0.15, 0.2) is 17.3 Å². The maximum absolute atomic E-state index is 13.6. The van der Waals surface area contributed by atoms with Crippen LogP contribution in [-0.4, -0.2) is 25.3 Å². The fourth-order valence-electron chi connectivity index (χ4n) is 1.53. The van der Waals surface area contributed by atoms with Crippen LogP contribution in [-0.2, 0) is 11.2 Å². The third-order valence-corrected chi connectivity index (χ3v) is 2.46. The SMILES string of the molecule is COc1cc(CC(C)C(=O)O)cc(F)c1OC. The van der Waals surface area contributed by atoms with Crippen molar-refractivity contribution in [3.8, 4) is 11.5 Å². The molecule has 0 amide bonds. The van der Waals surface area contributed by atoms with Crippen molar-refractivity contribution < 1.29 is 23.8 Å². The average Bonchev–Trinajstić information content (AvgIpc) is 2.27. The highest BCUT2D eigenvalue weighted by Gasteiger charge is 2.16. The van der Waals surface area contributed by atoms with Crippen LogP contribution >= 0.6 is 0 Å². The number of benzene rings is 1. The van der Waals surface area contributed by atoms with Gasteiger partial charge in [0.25, 0.3) is 0 Å². The van der Waals surface area contributed by atoms with E-state index in [1.54, 1.807) is 13.0 Å². The van der Waals surface area contributed by atoms with Gasteiger partial charge in [-0.2, -0.15) is 0 Å². The van der Waals surface area contributed by atoms with Crippen molar-refractivity contribution in [2.45, 2.75) is 13.3 Å². The molecule has 0 aliphatic rings. The minimum Gasteiger partial charge on any atom is -0.493 e. The summed E-state index contributed by atoms with van der Waals surface area (Å²) in [4.78, 5) is 10.7. The van der Waals surface area contributed by atoms with Crippen molar-refractivity contribution in [2.24, 2.45) is 5.92 Å². The van der Waals surface area contributed by atoms with E-state index in [2.05, 4.69) is 0 Å². The summed E-state index contributed by atoms with van der Waals surface area (Å²) in [5.74, 6) is -1.76. The molecular weight excluding hydrogens is 227 g/mol. The zero-order valence-corrected chi connectivity index (χ0v) is 9.99. The lowest BCUT2D eigenvalue weighted by atomic mass is 10.0. The van der Waals surface area contributed by atoms with Crippen molar-refractivity contribution in [2.75, 3.05) is 14.2 Å². The maximum Gasteiger partial charge on any atom is 0.306 e. The van der Waals surface area contributed by atoms with Crippen molar-refractivity contribution in [3.63, 3.8) is 0 Å². The van der Waals surface area contributed by atoms with Gasteiger partial charge in [-0.3, -0.25) is 4.79 Å². The number of carboxylic acid groups (broad SMARTS) is 1. The van der Waals surface area contributed by atoms with Crippen LogP contribution in [0.15, 0.2) is 12.1 Å². The quantitative estimate of drug-likeness (QED) is 0.859. The summed E-state index contributed by atoms with van der Waals surface area (Å²) >= 11 is 0. The molecule has 1 atom stereocenters. The highest BCUT2D eigenvalue weighted by atomic mass is 19.1. The van der Waals surface area contributed by atoms with Crippen molar-refractivity contribution in [1.29, 1.82) is 0 Å². The topological polar surface area (TPSA) is 55.8 Å². The Morgan fingerprint density at radius 3 is 2.53 bits per heavy atom. The third-order valence-electron chi connectivity index (χ3n) is 2.46. The Morgan fingerprint density at radius 1 is 1.41 bits per heavy atom. The van der Waals surface area contributed by atoms with Crippen molar-refractivity contribution >= 4 is 5.97 Å². The Morgan fingerprint density at radius 2 is 2.06 bits per heavy atom. The number of carboxylic acids is 1. The lowest BCUT2D eigenvalue weighted by molar-refractivity contribution is -0.141. The van der Waals surface area contributed by atoms with E-state index in [0.29, 0.717) is 5.56 Å². The second-order valence-electron chi connectivity index (χ2n) is 3.76. The fourth-order valence-corrected chi connectivity index (χ4v) is 1.53. The molecule has 5 heteroatoms. The van der Waals surface area contributed by atoms with Gasteiger partial charge in [0.2, 0.25) is 0 Å². The predicted molar refractivity (Wildman–Crippen MR) is 60.0 cm³/mol. The minimum atomic E-state index is -0.916. The maximum atomic E-state index is 13.6. The highest BCUT2D eigenvalue weighted by molar-refractivity contribution is 5.70.